The molecule has 158 valence electrons. The largest absolute Gasteiger partial charge is 0.299 e. The van der Waals surface area contributed by atoms with Crippen LogP contribution in [0.5, 0.6) is 0 Å². The van der Waals surface area contributed by atoms with Crippen LogP contribution in [0.1, 0.15) is 26.3 Å². The maximum atomic E-state index is 12.7. The minimum Gasteiger partial charge on any atom is -0.299 e. The van der Waals surface area contributed by atoms with Crippen LogP contribution in [0.25, 0.3) is 28.0 Å². The summed E-state index contributed by atoms with van der Waals surface area (Å²) in [5.74, 6) is -0.514. The van der Waals surface area contributed by atoms with Crippen LogP contribution in [0, 0.1) is 0 Å². The van der Waals surface area contributed by atoms with Crippen LogP contribution in [0.4, 0.5) is 0 Å². The average Bonchev–Trinajstić information content (AvgIpc) is 3.40. The first-order chi connectivity index (χ1) is 16.2. The molecule has 6 heteroatoms. The van der Waals surface area contributed by atoms with Gasteiger partial charge in [0.2, 0.25) is 0 Å². The predicted molar refractivity (Wildman–Crippen MR) is 125 cm³/mol. The number of carbonyl (C=O) groups excluding carboxylic acids is 2. The van der Waals surface area contributed by atoms with E-state index < -0.39 is 0 Å². The van der Waals surface area contributed by atoms with Crippen molar-refractivity contribution in [3.63, 3.8) is 0 Å². The van der Waals surface area contributed by atoms with Crippen LogP contribution < -0.4 is 0 Å². The molecule has 0 unspecified atom stereocenters. The molecule has 0 radical (unpaired) electrons. The Morgan fingerprint density at radius 1 is 0.727 bits per heavy atom. The van der Waals surface area contributed by atoms with E-state index in [1.165, 1.54) is 4.90 Å². The smallest absolute Gasteiger partial charge is 0.261 e. The van der Waals surface area contributed by atoms with E-state index in [1.807, 2.05) is 59.2 Å². The molecular weight excluding hydrogens is 412 g/mol. The Labute approximate surface area is 189 Å². The van der Waals surface area contributed by atoms with Crippen molar-refractivity contribution in [1.29, 1.82) is 0 Å². The van der Waals surface area contributed by atoms with Gasteiger partial charge in [-0.15, -0.1) is 0 Å². The van der Waals surface area contributed by atoms with Crippen LogP contribution in [0.15, 0.2) is 97.5 Å². The Bertz CT molecular complexity index is 1500. The highest BCUT2D eigenvalue weighted by atomic mass is 16.2. The number of aromatic nitrogens is 3. The van der Waals surface area contributed by atoms with Crippen LogP contribution >= 0.6 is 0 Å². The molecule has 5 aromatic rings. The summed E-state index contributed by atoms with van der Waals surface area (Å²) in [6.45, 7) is 0.213. The molecule has 2 amide bonds. The predicted octanol–water partition coefficient (Wildman–Crippen LogP) is 4.88. The number of nitrogens with zero attached hydrogens (tertiary/aromatic N) is 4. The second-order valence-electron chi connectivity index (χ2n) is 7.94. The van der Waals surface area contributed by atoms with Crippen molar-refractivity contribution in [1.82, 2.24) is 19.4 Å². The van der Waals surface area contributed by atoms with Crippen LogP contribution in [0.2, 0.25) is 0 Å². The zero-order chi connectivity index (χ0) is 22.4. The first kappa shape index (κ1) is 19.1. The lowest BCUT2D eigenvalue weighted by atomic mass is 10.1. The summed E-state index contributed by atoms with van der Waals surface area (Å²) >= 11 is 0. The van der Waals surface area contributed by atoms with E-state index in [-0.39, 0.29) is 18.4 Å². The topological polar surface area (TPSA) is 68.1 Å². The van der Waals surface area contributed by atoms with Crippen LogP contribution in [0.3, 0.4) is 0 Å². The lowest BCUT2D eigenvalue weighted by Gasteiger charge is -2.14. The summed E-state index contributed by atoms with van der Waals surface area (Å²) in [7, 11) is 0. The van der Waals surface area contributed by atoms with E-state index in [4.69, 9.17) is 0 Å². The minimum atomic E-state index is -0.257. The second kappa shape index (κ2) is 7.53. The van der Waals surface area contributed by atoms with Gasteiger partial charge >= 0.3 is 0 Å². The minimum absolute atomic E-state index is 0.213. The molecule has 0 saturated heterocycles. The summed E-state index contributed by atoms with van der Waals surface area (Å²) in [5.41, 5.74) is 6.43. The highest BCUT2D eigenvalue weighted by Gasteiger charge is 2.34. The number of hydrogen-bond acceptors (Lipinski definition) is 4. The maximum Gasteiger partial charge on any atom is 0.261 e. The third-order valence-corrected chi connectivity index (χ3v) is 5.92. The van der Waals surface area contributed by atoms with Gasteiger partial charge in [-0.25, -0.2) is 4.98 Å². The molecule has 1 aliphatic heterocycles. The fourth-order valence-corrected chi connectivity index (χ4v) is 4.28. The molecule has 0 saturated carbocycles. The number of imidazole rings is 1. The molecule has 0 N–H and O–H groups in total. The molecule has 0 fully saturated rings. The summed E-state index contributed by atoms with van der Waals surface area (Å²) in [4.78, 5) is 35.7. The third-order valence-electron chi connectivity index (χ3n) is 5.92. The zero-order valence-electron chi connectivity index (χ0n) is 17.6. The van der Waals surface area contributed by atoms with Crippen molar-refractivity contribution in [3.8, 4) is 16.9 Å². The van der Waals surface area contributed by atoms with Gasteiger partial charge in [0.25, 0.3) is 11.8 Å². The van der Waals surface area contributed by atoms with Gasteiger partial charge in [-0.1, -0.05) is 36.4 Å². The Hall–Kier alpha value is -4.58. The first-order valence-electron chi connectivity index (χ1n) is 10.6. The molecule has 0 bridgehead atoms. The number of fused-ring (bicyclic) bond motifs is 2. The van der Waals surface area contributed by atoms with E-state index in [1.54, 1.807) is 36.8 Å². The highest BCUT2D eigenvalue weighted by Crippen LogP contribution is 2.27. The molecule has 0 aliphatic carbocycles. The Balaban J connectivity index is 1.31. The van der Waals surface area contributed by atoms with Gasteiger partial charge < -0.3 is 0 Å². The molecule has 33 heavy (non-hydrogen) atoms. The summed E-state index contributed by atoms with van der Waals surface area (Å²) in [6, 6.07) is 26.8. The van der Waals surface area contributed by atoms with Crippen molar-refractivity contribution >= 4 is 22.8 Å². The summed E-state index contributed by atoms with van der Waals surface area (Å²) < 4.78 is 2.02. The highest BCUT2D eigenvalue weighted by molar-refractivity contribution is 6.21. The Kier molecular flexibility index (Phi) is 4.36. The van der Waals surface area contributed by atoms with Gasteiger partial charge in [-0.3, -0.25) is 24.0 Å². The molecular formula is C27H18N4O2. The van der Waals surface area contributed by atoms with Crippen molar-refractivity contribution in [2.45, 2.75) is 6.54 Å². The number of pyridine rings is 1. The number of rotatable bonds is 4. The molecule has 1 aliphatic rings. The lowest BCUT2D eigenvalue weighted by Crippen LogP contribution is -2.29. The third kappa shape index (κ3) is 3.20. The standard InChI is InChI=1S/C27H18N4O2/c32-26-21-8-1-2-9-22(21)27(33)30(26)16-18-11-12-25-24(14-18)29-17-31(25)20-7-5-6-19(15-20)23-10-3-4-13-28-23/h1-15,17H,16H2. The van der Waals surface area contributed by atoms with Gasteiger partial charge in [0.05, 0.1) is 34.4 Å². The van der Waals surface area contributed by atoms with Gasteiger partial charge in [0.15, 0.2) is 0 Å². The zero-order valence-corrected chi connectivity index (χ0v) is 17.6. The average molecular weight is 430 g/mol. The second-order valence-corrected chi connectivity index (χ2v) is 7.94. The molecule has 6 nitrogen and oxygen atoms in total. The molecule has 6 rings (SSSR count). The van der Waals surface area contributed by atoms with Crippen molar-refractivity contribution < 1.29 is 9.59 Å². The normalized spacial score (nSPS) is 13.0. The van der Waals surface area contributed by atoms with E-state index in [2.05, 4.69) is 16.0 Å². The fraction of sp³-hybridized carbons (Fsp3) is 0.0370. The molecule has 0 spiro atoms. The Morgan fingerprint density at radius 3 is 2.27 bits per heavy atom. The van der Waals surface area contributed by atoms with Gasteiger partial charge in [-0.05, 0) is 54.1 Å². The van der Waals surface area contributed by atoms with Gasteiger partial charge in [0, 0.05) is 17.4 Å². The molecule has 2 aromatic heterocycles. The van der Waals surface area contributed by atoms with Crippen molar-refractivity contribution in [2.24, 2.45) is 0 Å². The van der Waals surface area contributed by atoms with E-state index in [0.29, 0.717) is 11.1 Å². The first-order valence-corrected chi connectivity index (χ1v) is 10.6. The van der Waals surface area contributed by atoms with Crippen LogP contribution in [-0.2, 0) is 6.54 Å². The van der Waals surface area contributed by atoms with Crippen LogP contribution in [-0.4, -0.2) is 31.2 Å². The number of amides is 2. The number of imide groups is 1. The van der Waals surface area contributed by atoms with Gasteiger partial charge in [0.1, 0.15) is 6.33 Å². The summed E-state index contributed by atoms with van der Waals surface area (Å²) in [5, 5.41) is 0. The van der Waals surface area contributed by atoms with Gasteiger partial charge in [-0.2, -0.15) is 0 Å². The monoisotopic (exact) mass is 430 g/mol. The lowest BCUT2D eigenvalue weighted by molar-refractivity contribution is 0.0642. The van der Waals surface area contributed by atoms with E-state index in [0.717, 1.165) is 33.5 Å². The summed E-state index contributed by atoms with van der Waals surface area (Å²) in [6.07, 6.45) is 3.57. The number of hydrogen-bond donors (Lipinski definition) is 0. The number of carbonyl (C=O) groups is 2. The molecule has 3 aromatic carbocycles. The van der Waals surface area contributed by atoms with E-state index >= 15 is 0 Å². The molecule has 3 heterocycles. The maximum absolute atomic E-state index is 12.7. The fourth-order valence-electron chi connectivity index (χ4n) is 4.28. The van der Waals surface area contributed by atoms with E-state index in [9.17, 15) is 9.59 Å². The SMILES string of the molecule is O=C1c2ccccc2C(=O)N1Cc1ccc2c(c1)ncn2-c1cccc(-c2ccccn2)c1. The number of benzene rings is 3. The quantitative estimate of drug-likeness (QED) is 0.381. The molecule has 0 atom stereocenters. The Morgan fingerprint density at radius 2 is 1.52 bits per heavy atom. The van der Waals surface area contributed by atoms with Crippen molar-refractivity contribution in [3.05, 3.63) is 114 Å². The van der Waals surface area contributed by atoms with Crippen molar-refractivity contribution in [2.75, 3.05) is 0 Å².